The minimum atomic E-state index is -0.539. The molecule has 3 aromatic heterocycles. The van der Waals surface area contributed by atoms with E-state index < -0.39 is 5.83 Å². The summed E-state index contributed by atoms with van der Waals surface area (Å²) in [5.74, 6) is -0.539. The molecular formula is C20H12ClFN4. The smallest absolute Gasteiger partial charge is 0.169 e. The number of hydrogen-bond acceptors (Lipinski definition) is 2. The zero-order valence-corrected chi connectivity index (χ0v) is 14.2. The number of halogens is 2. The molecule has 0 atom stereocenters. The van der Waals surface area contributed by atoms with Crippen molar-refractivity contribution in [2.75, 3.05) is 0 Å². The Bertz CT molecular complexity index is 1260. The van der Waals surface area contributed by atoms with Gasteiger partial charge in [0.2, 0.25) is 0 Å². The van der Waals surface area contributed by atoms with Gasteiger partial charge < -0.3 is 9.97 Å². The number of H-pyrrole nitrogens is 2. The first kappa shape index (κ1) is 15.1. The molecule has 0 unspecified atom stereocenters. The van der Waals surface area contributed by atoms with Crippen LogP contribution in [0.1, 0.15) is 22.8 Å². The van der Waals surface area contributed by atoms with Gasteiger partial charge in [-0.2, -0.15) is 0 Å². The number of nitrogens with zero attached hydrogens (tertiary/aromatic N) is 2. The Morgan fingerprint density at radius 3 is 1.96 bits per heavy atom. The summed E-state index contributed by atoms with van der Waals surface area (Å²) in [6.45, 7) is 0. The van der Waals surface area contributed by atoms with E-state index in [0.29, 0.717) is 11.4 Å². The molecule has 0 aliphatic carbocycles. The highest BCUT2D eigenvalue weighted by atomic mass is 35.5. The molecule has 4 nitrogen and oxygen atoms in total. The van der Waals surface area contributed by atoms with Gasteiger partial charge in [0.25, 0.3) is 0 Å². The van der Waals surface area contributed by atoms with Gasteiger partial charge in [-0.25, -0.2) is 14.4 Å². The van der Waals surface area contributed by atoms with Crippen molar-refractivity contribution < 1.29 is 4.39 Å². The number of aromatic amines is 2. The molecule has 2 N–H and O–H groups in total. The van der Waals surface area contributed by atoms with Gasteiger partial charge in [-0.1, -0.05) is 11.6 Å². The molecule has 5 rings (SSSR count). The van der Waals surface area contributed by atoms with E-state index in [9.17, 15) is 4.39 Å². The monoisotopic (exact) mass is 362 g/mol. The first-order chi connectivity index (χ1) is 12.6. The quantitative estimate of drug-likeness (QED) is 0.432. The number of fused-ring (bicyclic) bond motifs is 8. The third kappa shape index (κ3) is 2.62. The fourth-order valence-electron chi connectivity index (χ4n) is 3.01. The van der Waals surface area contributed by atoms with Crippen LogP contribution in [-0.2, 0) is 0 Å². The predicted molar refractivity (Wildman–Crippen MR) is 104 cm³/mol. The summed E-state index contributed by atoms with van der Waals surface area (Å²) in [7, 11) is 0. The first-order valence-electron chi connectivity index (χ1n) is 8.06. The Balaban J connectivity index is 1.88. The van der Waals surface area contributed by atoms with Crippen LogP contribution in [0.15, 0.2) is 48.5 Å². The van der Waals surface area contributed by atoms with Crippen LogP contribution in [-0.4, -0.2) is 19.9 Å². The number of nitrogens with one attached hydrogen (secondary N) is 2. The Labute approximate surface area is 152 Å². The van der Waals surface area contributed by atoms with E-state index in [1.54, 1.807) is 12.1 Å². The molecule has 0 fully saturated rings. The first-order valence-corrected chi connectivity index (χ1v) is 8.44. The van der Waals surface area contributed by atoms with Crippen LogP contribution < -0.4 is 0 Å². The summed E-state index contributed by atoms with van der Waals surface area (Å²) in [6.07, 6.45) is 3.70. The van der Waals surface area contributed by atoms with Gasteiger partial charge in [0.1, 0.15) is 10.7 Å². The lowest BCUT2D eigenvalue weighted by molar-refractivity contribution is 0.762. The lowest BCUT2D eigenvalue weighted by Crippen LogP contribution is -1.79. The van der Waals surface area contributed by atoms with Crippen molar-refractivity contribution in [3.05, 3.63) is 71.3 Å². The van der Waals surface area contributed by atoms with Crippen LogP contribution in [0.3, 0.4) is 0 Å². The van der Waals surface area contributed by atoms with Crippen molar-refractivity contribution in [2.24, 2.45) is 0 Å². The Morgan fingerprint density at radius 2 is 1.27 bits per heavy atom. The second-order valence-corrected chi connectivity index (χ2v) is 6.50. The van der Waals surface area contributed by atoms with E-state index in [0.717, 1.165) is 27.8 Å². The van der Waals surface area contributed by atoms with E-state index in [-0.39, 0.29) is 10.7 Å². The van der Waals surface area contributed by atoms with E-state index in [1.165, 1.54) is 0 Å². The summed E-state index contributed by atoms with van der Waals surface area (Å²) >= 11 is 6.13. The standard InChI is InChI=1S/C20H12ClFN4/c21-19-17-9-15-5-3-13(24-15)7-11-1-2-12(23-11)8-14-4-6-16(25-14)10-18(26-17)20(19)22/h1-10,23-24H. The zero-order chi connectivity index (χ0) is 17.7. The summed E-state index contributed by atoms with van der Waals surface area (Å²) in [5.41, 5.74) is 5.59. The number of hydrogen-bond donors (Lipinski definition) is 2. The fraction of sp³-hybridized carbons (Fsp3) is 0. The summed E-state index contributed by atoms with van der Waals surface area (Å²) in [6, 6.07) is 15.1. The zero-order valence-electron chi connectivity index (χ0n) is 13.4. The maximum absolute atomic E-state index is 14.4. The molecule has 2 aliphatic rings. The van der Waals surface area contributed by atoms with Gasteiger partial charge in [-0.05, 0) is 60.7 Å². The van der Waals surface area contributed by atoms with Crippen molar-refractivity contribution >= 4 is 56.7 Å². The van der Waals surface area contributed by atoms with Gasteiger partial charge in [0, 0.05) is 22.1 Å². The normalized spacial score (nSPS) is 13.5. The lowest BCUT2D eigenvalue weighted by atomic mass is 10.3. The Morgan fingerprint density at radius 1 is 0.692 bits per heavy atom. The van der Waals surface area contributed by atoms with Crippen LogP contribution in [0.2, 0.25) is 0 Å². The Hall–Kier alpha value is -3.18. The highest BCUT2D eigenvalue weighted by Crippen LogP contribution is 2.34. The maximum atomic E-state index is 14.4. The van der Waals surface area contributed by atoms with E-state index in [2.05, 4.69) is 19.9 Å². The van der Waals surface area contributed by atoms with Crippen LogP contribution >= 0.6 is 11.6 Å². The molecule has 0 radical (unpaired) electrons. The van der Waals surface area contributed by atoms with Gasteiger partial charge in [0.05, 0.1) is 17.1 Å². The molecule has 8 bridgehead atoms. The molecule has 5 heterocycles. The van der Waals surface area contributed by atoms with Gasteiger partial charge in [-0.15, -0.1) is 0 Å². The van der Waals surface area contributed by atoms with Crippen LogP contribution in [0.4, 0.5) is 4.39 Å². The number of rotatable bonds is 0. The molecule has 0 spiro atoms. The molecule has 26 heavy (non-hydrogen) atoms. The number of aromatic nitrogens is 4. The lowest BCUT2D eigenvalue weighted by Gasteiger charge is -1.88. The van der Waals surface area contributed by atoms with Crippen molar-refractivity contribution in [3.63, 3.8) is 0 Å². The molecule has 126 valence electrons. The van der Waals surface area contributed by atoms with Crippen LogP contribution in [0, 0.1) is 0 Å². The molecule has 2 aliphatic heterocycles. The van der Waals surface area contributed by atoms with Crippen molar-refractivity contribution in [1.29, 1.82) is 0 Å². The second kappa shape index (κ2) is 5.68. The largest absolute Gasteiger partial charge is 0.355 e. The van der Waals surface area contributed by atoms with Crippen molar-refractivity contribution in [3.8, 4) is 0 Å². The van der Waals surface area contributed by atoms with Crippen molar-refractivity contribution in [2.45, 2.75) is 0 Å². The SMILES string of the molecule is FC1=C(Cl)c2cc3ccc(cc4ccc(cc5nc(cc1n2)C=C5)[nH]4)[nH]3. The minimum absolute atomic E-state index is 0.00706. The maximum Gasteiger partial charge on any atom is 0.169 e. The molecule has 0 amide bonds. The van der Waals surface area contributed by atoms with E-state index in [4.69, 9.17) is 11.6 Å². The third-order valence-electron chi connectivity index (χ3n) is 4.22. The molecule has 3 aromatic rings. The second-order valence-electron chi connectivity index (χ2n) is 6.12. The van der Waals surface area contributed by atoms with E-state index in [1.807, 2.05) is 48.6 Å². The highest BCUT2D eigenvalue weighted by molar-refractivity contribution is 6.52. The Kier molecular flexibility index (Phi) is 3.30. The average Bonchev–Trinajstić information content (AvgIpc) is 3.38. The molecule has 0 saturated heterocycles. The molecule has 6 heteroatoms. The van der Waals surface area contributed by atoms with Crippen LogP contribution in [0.5, 0.6) is 0 Å². The molecule has 0 aromatic carbocycles. The summed E-state index contributed by atoms with van der Waals surface area (Å²) in [4.78, 5) is 15.4. The average molecular weight is 363 g/mol. The van der Waals surface area contributed by atoms with Crippen LogP contribution in [0.25, 0.3) is 45.1 Å². The van der Waals surface area contributed by atoms with Gasteiger partial charge >= 0.3 is 0 Å². The molecule has 0 saturated carbocycles. The van der Waals surface area contributed by atoms with E-state index >= 15 is 0 Å². The molecular weight excluding hydrogens is 351 g/mol. The minimum Gasteiger partial charge on any atom is -0.355 e. The third-order valence-corrected chi connectivity index (χ3v) is 4.58. The van der Waals surface area contributed by atoms with Gasteiger partial charge in [0.15, 0.2) is 5.83 Å². The summed E-state index contributed by atoms with van der Waals surface area (Å²) < 4.78 is 14.4. The summed E-state index contributed by atoms with van der Waals surface area (Å²) in [5, 5.41) is 0.00706. The van der Waals surface area contributed by atoms with Crippen molar-refractivity contribution in [1.82, 2.24) is 19.9 Å². The van der Waals surface area contributed by atoms with Gasteiger partial charge in [-0.3, -0.25) is 0 Å². The predicted octanol–water partition coefficient (Wildman–Crippen LogP) is 5.52. The highest BCUT2D eigenvalue weighted by Gasteiger charge is 2.18. The fourth-order valence-corrected chi connectivity index (χ4v) is 3.20. The topological polar surface area (TPSA) is 57.4 Å².